The van der Waals surface area contributed by atoms with Crippen LogP contribution < -0.4 is 4.74 Å². The molecule has 0 saturated carbocycles. The molecular weight excluding hydrogens is 422 g/mol. The Balaban J connectivity index is 1.57. The summed E-state index contributed by atoms with van der Waals surface area (Å²) < 4.78 is 12.9. The van der Waals surface area contributed by atoms with Crippen LogP contribution in [0.3, 0.4) is 0 Å². The predicted molar refractivity (Wildman–Crippen MR) is 125 cm³/mol. The van der Waals surface area contributed by atoms with Crippen molar-refractivity contribution in [1.82, 2.24) is 24.9 Å². The molecule has 0 amide bonds. The van der Waals surface area contributed by atoms with E-state index in [1.807, 2.05) is 30.3 Å². The predicted octanol–water partition coefficient (Wildman–Crippen LogP) is 5.17. The van der Waals surface area contributed by atoms with Gasteiger partial charge < -0.3 is 13.8 Å². The Hall–Kier alpha value is -3.13. The monoisotopic (exact) mass is 449 g/mol. The Morgan fingerprint density at radius 1 is 1.00 bits per heavy atom. The van der Waals surface area contributed by atoms with Gasteiger partial charge in [-0.25, -0.2) is 0 Å². The van der Waals surface area contributed by atoms with E-state index in [4.69, 9.17) is 9.26 Å². The lowest BCUT2D eigenvalue weighted by atomic mass is 9.96. The fraction of sp³-hybridized carbons (Fsp3) is 0.333. The van der Waals surface area contributed by atoms with Gasteiger partial charge in [-0.3, -0.25) is 0 Å². The molecule has 4 aromatic rings. The Bertz CT molecular complexity index is 1150. The molecule has 7 nitrogen and oxygen atoms in total. The van der Waals surface area contributed by atoms with Crippen LogP contribution in [0.2, 0.25) is 0 Å². The molecule has 0 unspecified atom stereocenters. The second-order valence-corrected chi connectivity index (χ2v) is 9.41. The van der Waals surface area contributed by atoms with Crippen LogP contribution in [0, 0.1) is 0 Å². The van der Waals surface area contributed by atoms with E-state index in [-0.39, 0.29) is 5.41 Å². The molecule has 0 aliphatic heterocycles. The summed E-state index contributed by atoms with van der Waals surface area (Å²) in [6.45, 7) is 6.96. The van der Waals surface area contributed by atoms with Crippen LogP contribution in [-0.2, 0) is 24.1 Å². The third-order valence-electron chi connectivity index (χ3n) is 5.00. The van der Waals surface area contributed by atoms with Gasteiger partial charge >= 0.3 is 0 Å². The first-order chi connectivity index (χ1) is 15.4. The molecule has 4 rings (SSSR count). The Morgan fingerprint density at radius 2 is 1.75 bits per heavy atom. The molecule has 0 aliphatic rings. The lowest BCUT2D eigenvalue weighted by Crippen LogP contribution is -2.13. The SMILES string of the molecule is COc1ccc(-c2nnc(SCc3nc(C(C)(C)C)no3)n2CCc2ccccc2)cc1. The van der Waals surface area contributed by atoms with E-state index in [2.05, 4.69) is 69.9 Å². The van der Waals surface area contributed by atoms with E-state index in [0.717, 1.165) is 35.3 Å². The second kappa shape index (κ2) is 9.56. The lowest BCUT2D eigenvalue weighted by molar-refractivity contribution is 0.372. The first-order valence-electron chi connectivity index (χ1n) is 10.5. The minimum Gasteiger partial charge on any atom is -0.497 e. The van der Waals surface area contributed by atoms with Gasteiger partial charge in [0.15, 0.2) is 16.8 Å². The maximum Gasteiger partial charge on any atom is 0.237 e. The number of aryl methyl sites for hydroxylation is 1. The molecule has 0 radical (unpaired) electrons. The molecule has 0 bridgehead atoms. The van der Waals surface area contributed by atoms with Gasteiger partial charge in [-0.2, -0.15) is 4.98 Å². The number of rotatable bonds is 8. The van der Waals surface area contributed by atoms with Gasteiger partial charge in [0.25, 0.3) is 0 Å². The number of thioether (sulfide) groups is 1. The fourth-order valence-electron chi connectivity index (χ4n) is 3.18. The van der Waals surface area contributed by atoms with E-state index in [1.54, 1.807) is 18.9 Å². The molecule has 0 fully saturated rings. The van der Waals surface area contributed by atoms with Crippen molar-refractivity contribution in [2.45, 2.75) is 50.1 Å². The van der Waals surface area contributed by atoms with Crippen LogP contribution in [-0.4, -0.2) is 32.0 Å². The molecule has 2 aromatic carbocycles. The Kier molecular flexibility index (Phi) is 6.60. The molecule has 0 aliphatic carbocycles. The summed E-state index contributed by atoms with van der Waals surface area (Å²) in [7, 11) is 1.66. The zero-order valence-corrected chi connectivity index (χ0v) is 19.6. The smallest absolute Gasteiger partial charge is 0.237 e. The number of aromatic nitrogens is 5. The lowest BCUT2D eigenvalue weighted by Gasteiger charge is -2.11. The number of benzene rings is 2. The van der Waals surface area contributed by atoms with Gasteiger partial charge in [-0.15, -0.1) is 10.2 Å². The van der Waals surface area contributed by atoms with Crippen molar-refractivity contribution in [1.29, 1.82) is 0 Å². The molecule has 0 saturated heterocycles. The van der Waals surface area contributed by atoms with E-state index in [0.29, 0.717) is 17.5 Å². The topological polar surface area (TPSA) is 78.9 Å². The van der Waals surface area contributed by atoms with Crippen LogP contribution in [0.4, 0.5) is 0 Å². The summed E-state index contributed by atoms with van der Waals surface area (Å²) >= 11 is 1.55. The maximum atomic E-state index is 5.45. The van der Waals surface area contributed by atoms with Gasteiger partial charge in [-0.05, 0) is 36.2 Å². The van der Waals surface area contributed by atoms with Gasteiger partial charge in [0.05, 0.1) is 12.9 Å². The zero-order chi connectivity index (χ0) is 22.6. The quantitative estimate of drug-likeness (QED) is 0.343. The third kappa shape index (κ3) is 5.19. The number of ether oxygens (including phenoxy) is 1. The molecule has 2 aromatic heterocycles. The maximum absolute atomic E-state index is 5.45. The average molecular weight is 450 g/mol. The minimum absolute atomic E-state index is 0.149. The van der Waals surface area contributed by atoms with Crippen molar-refractivity contribution < 1.29 is 9.26 Å². The van der Waals surface area contributed by atoms with Crippen LogP contribution >= 0.6 is 11.8 Å². The molecule has 0 spiro atoms. The standard InChI is InChI=1S/C24H27N5O2S/c1-24(2,3)22-25-20(31-28-22)16-32-23-27-26-21(18-10-12-19(30-4)13-11-18)29(23)15-14-17-8-6-5-7-9-17/h5-13H,14-16H2,1-4H3. The molecule has 166 valence electrons. The number of nitrogens with zero attached hydrogens (tertiary/aromatic N) is 5. The first-order valence-corrected chi connectivity index (χ1v) is 11.5. The summed E-state index contributed by atoms with van der Waals surface area (Å²) in [6.07, 6.45) is 0.879. The highest BCUT2D eigenvalue weighted by Gasteiger charge is 2.22. The van der Waals surface area contributed by atoms with Crippen molar-refractivity contribution in [2.75, 3.05) is 7.11 Å². The van der Waals surface area contributed by atoms with E-state index in [1.165, 1.54) is 5.56 Å². The first kappa shape index (κ1) is 22.1. The zero-order valence-electron chi connectivity index (χ0n) is 18.8. The molecule has 8 heteroatoms. The average Bonchev–Trinajstić information content (AvgIpc) is 3.44. The van der Waals surface area contributed by atoms with E-state index < -0.39 is 0 Å². The highest BCUT2D eigenvalue weighted by atomic mass is 32.2. The number of hydrogen-bond acceptors (Lipinski definition) is 7. The highest BCUT2D eigenvalue weighted by molar-refractivity contribution is 7.98. The van der Waals surface area contributed by atoms with E-state index >= 15 is 0 Å². The molecule has 0 N–H and O–H groups in total. The van der Waals surface area contributed by atoms with Gasteiger partial charge in [0.1, 0.15) is 5.75 Å². The molecule has 2 heterocycles. The summed E-state index contributed by atoms with van der Waals surface area (Å²) in [5.41, 5.74) is 2.11. The van der Waals surface area contributed by atoms with Crippen molar-refractivity contribution in [2.24, 2.45) is 0 Å². The normalized spacial score (nSPS) is 11.6. The largest absolute Gasteiger partial charge is 0.497 e. The van der Waals surface area contributed by atoms with Gasteiger partial charge in [-0.1, -0.05) is 68.0 Å². The summed E-state index contributed by atoms with van der Waals surface area (Å²) in [5, 5.41) is 13.9. The Labute approximate surface area is 192 Å². The summed E-state index contributed by atoms with van der Waals surface area (Å²) in [6, 6.07) is 18.3. The Morgan fingerprint density at radius 3 is 2.41 bits per heavy atom. The van der Waals surface area contributed by atoms with Crippen LogP contribution in [0.15, 0.2) is 64.3 Å². The van der Waals surface area contributed by atoms with Crippen molar-refractivity contribution in [3.05, 3.63) is 71.9 Å². The van der Waals surface area contributed by atoms with Gasteiger partial charge in [0, 0.05) is 17.5 Å². The van der Waals surface area contributed by atoms with Crippen LogP contribution in [0.1, 0.15) is 38.0 Å². The fourth-order valence-corrected chi connectivity index (χ4v) is 3.98. The summed E-state index contributed by atoms with van der Waals surface area (Å²) in [4.78, 5) is 4.53. The van der Waals surface area contributed by atoms with Crippen LogP contribution in [0.5, 0.6) is 5.75 Å². The third-order valence-corrected chi connectivity index (χ3v) is 5.95. The van der Waals surface area contributed by atoms with Crippen molar-refractivity contribution in [3.8, 4) is 17.1 Å². The molecule has 0 atom stereocenters. The summed E-state index contributed by atoms with van der Waals surface area (Å²) in [5.74, 6) is 3.47. The minimum atomic E-state index is -0.149. The molecular formula is C24H27N5O2S. The highest BCUT2D eigenvalue weighted by Crippen LogP contribution is 2.28. The molecule has 32 heavy (non-hydrogen) atoms. The van der Waals surface area contributed by atoms with Crippen molar-refractivity contribution in [3.63, 3.8) is 0 Å². The number of hydrogen-bond donors (Lipinski definition) is 0. The second-order valence-electron chi connectivity index (χ2n) is 8.47. The number of methoxy groups -OCH3 is 1. The van der Waals surface area contributed by atoms with Gasteiger partial charge in [0.2, 0.25) is 5.89 Å². The van der Waals surface area contributed by atoms with Crippen LogP contribution in [0.25, 0.3) is 11.4 Å². The van der Waals surface area contributed by atoms with E-state index in [9.17, 15) is 0 Å². The van der Waals surface area contributed by atoms with Crippen molar-refractivity contribution >= 4 is 11.8 Å².